The first kappa shape index (κ1) is 15.2. The minimum Gasteiger partial charge on any atom is -0.497 e. The number of benzene rings is 1. The van der Waals surface area contributed by atoms with E-state index >= 15 is 0 Å². The van der Waals surface area contributed by atoms with Crippen molar-refractivity contribution in [2.24, 2.45) is 0 Å². The third-order valence-electron chi connectivity index (χ3n) is 2.93. The molecule has 1 atom stereocenters. The molecule has 112 valence electrons. The zero-order valence-electron chi connectivity index (χ0n) is 11.6. The molecule has 2 rings (SSSR count). The average Bonchev–Trinajstić information content (AvgIpc) is 2.49. The van der Waals surface area contributed by atoms with Crippen molar-refractivity contribution in [1.29, 1.82) is 0 Å². The van der Waals surface area contributed by atoms with E-state index in [-0.39, 0.29) is 18.2 Å². The zero-order valence-corrected chi connectivity index (χ0v) is 12.4. The first-order valence-electron chi connectivity index (χ1n) is 6.21. The van der Waals surface area contributed by atoms with E-state index in [0.717, 1.165) is 11.3 Å². The van der Waals surface area contributed by atoms with E-state index in [9.17, 15) is 9.59 Å². The summed E-state index contributed by atoms with van der Waals surface area (Å²) in [5, 5.41) is 0.405. The number of amides is 1. The smallest absolute Gasteiger partial charge is 0.356 e. The van der Waals surface area contributed by atoms with Crippen LogP contribution in [-0.4, -0.2) is 36.4 Å². The van der Waals surface area contributed by atoms with Crippen LogP contribution in [-0.2, 0) is 20.9 Å². The van der Waals surface area contributed by atoms with Crippen molar-refractivity contribution in [2.75, 3.05) is 14.2 Å². The number of likely N-dealkylation sites (N-methyl/N-ethyl adjacent to an activating group) is 1. The van der Waals surface area contributed by atoms with Gasteiger partial charge in [-0.15, -0.1) is 11.6 Å². The van der Waals surface area contributed by atoms with Gasteiger partial charge in [0.15, 0.2) is 0 Å². The summed E-state index contributed by atoms with van der Waals surface area (Å²) < 4.78 is 10.2. The number of esters is 1. The Morgan fingerprint density at radius 2 is 2.05 bits per heavy atom. The molecule has 0 radical (unpaired) electrons. The highest BCUT2D eigenvalue weighted by Crippen LogP contribution is 2.15. The van der Waals surface area contributed by atoms with E-state index in [1.165, 1.54) is 11.1 Å². The molecule has 1 N–H and O–H groups in total. The van der Waals surface area contributed by atoms with Crippen molar-refractivity contribution in [3.8, 4) is 5.75 Å². The van der Waals surface area contributed by atoms with Gasteiger partial charge in [0.1, 0.15) is 23.4 Å². The van der Waals surface area contributed by atoms with Gasteiger partial charge >= 0.3 is 5.97 Å². The Balaban J connectivity index is 1.97. The normalized spacial score (nSPS) is 17.9. The van der Waals surface area contributed by atoms with Gasteiger partial charge in [0.05, 0.1) is 7.11 Å². The maximum Gasteiger partial charge on any atom is 0.356 e. The van der Waals surface area contributed by atoms with E-state index in [2.05, 4.69) is 5.43 Å². The molecule has 6 nitrogen and oxygen atoms in total. The zero-order chi connectivity index (χ0) is 15.4. The molecule has 1 amide bonds. The summed E-state index contributed by atoms with van der Waals surface area (Å²) in [6.45, 7) is 0.120. The number of carbonyl (C=O) groups is 2. The number of hydrogen-bond acceptors (Lipinski definition) is 5. The number of halogens is 1. The second-order valence-electron chi connectivity index (χ2n) is 4.41. The quantitative estimate of drug-likeness (QED) is 0.669. The van der Waals surface area contributed by atoms with Crippen molar-refractivity contribution in [1.82, 2.24) is 10.4 Å². The number of ether oxygens (including phenoxy) is 2. The third kappa shape index (κ3) is 3.66. The van der Waals surface area contributed by atoms with E-state index in [4.69, 9.17) is 21.1 Å². The predicted molar refractivity (Wildman–Crippen MR) is 76.4 cm³/mol. The second-order valence-corrected chi connectivity index (χ2v) is 4.88. The lowest BCUT2D eigenvalue weighted by atomic mass is 10.2. The summed E-state index contributed by atoms with van der Waals surface area (Å²) in [4.78, 5) is 23.3. The highest BCUT2D eigenvalue weighted by molar-refractivity contribution is 6.32. The molecular formula is C14H15ClN2O4. The molecule has 1 aromatic rings. The molecule has 1 heterocycles. The summed E-state index contributed by atoms with van der Waals surface area (Å²) in [6.07, 6.45) is 1.36. The minimum atomic E-state index is -0.885. The number of alkyl halides is 1. The van der Waals surface area contributed by atoms with Gasteiger partial charge in [-0.1, -0.05) is 12.1 Å². The summed E-state index contributed by atoms with van der Waals surface area (Å²) >= 11 is 5.79. The van der Waals surface area contributed by atoms with Crippen molar-refractivity contribution in [3.63, 3.8) is 0 Å². The van der Waals surface area contributed by atoms with Crippen LogP contribution in [0.15, 0.2) is 36.0 Å². The molecule has 7 heteroatoms. The van der Waals surface area contributed by atoms with Crippen LogP contribution in [0, 0.1) is 0 Å². The summed E-state index contributed by atoms with van der Waals surface area (Å²) in [5.74, 6) is -0.211. The molecule has 1 aliphatic heterocycles. The number of carbonyl (C=O) groups excluding carboxylic acids is 2. The highest BCUT2D eigenvalue weighted by Gasteiger charge is 2.27. The number of rotatable bonds is 4. The summed E-state index contributed by atoms with van der Waals surface area (Å²) in [5.41, 5.74) is 3.48. The molecular weight excluding hydrogens is 296 g/mol. The van der Waals surface area contributed by atoms with Crippen LogP contribution in [0.25, 0.3) is 0 Å². The molecule has 1 aromatic carbocycles. The van der Waals surface area contributed by atoms with E-state index in [1.807, 2.05) is 0 Å². The van der Waals surface area contributed by atoms with Gasteiger partial charge in [0.2, 0.25) is 0 Å². The van der Waals surface area contributed by atoms with E-state index < -0.39 is 11.3 Å². The van der Waals surface area contributed by atoms with Gasteiger partial charge < -0.3 is 9.47 Å². The topological polar surface area (TPSA) is 67.9 Å². The molecule has 1 unspecified atom stereocenters. The van der Waals surface area contributed by atoms with Crippen LogP contribution in [0.1, 0.15) is 5.56 Å². The first-order valence-corrected chi connectivity index (χ1v) is 6.65. The molecule has 1 aliphatic rings. The third-order valence-corrected chi connectivity index (χ3v) is 3.26. The Kier molecular flexibility index (Phi) is 4.70. The lowest BCUT2D eigenvalue weighted by Crippen LogP contribution is -2.48. The van der Waals surface area contributed by atoms with Crippen molar-refractivity contribution in [3.05, 3.63) is 41.6 Å². The monoisotopic (exact) mass is 310 g/mol. The molecule has 0 aliphatic carbocycles. The SMILES string of the molecule is COc1ccc(COC(=O)C2=CC(Cl)C(=O)NN2C)cc1. The number of hydrazine groups is 1. The number of hydrogen-bond donors (Lipinski definition) is 1. The van der Waals surface area contributed by atoms with Crippen LogP contribution >= 0.6 is 11.6 Å². The molecule has 0 spiro atoms. The largest absolute Gasteiger partial charge is 0.497 e. The fraction of sp³-hybridized carbons (Fsp3) is 0.286. The number of methoxy groups -OCH3 is 1. The Labute approximate surface area is 127 Å². The van der Waals surface area contributed by atoms with Crippen LogP contribution in [0.5, 0.6) is 5.75 Å². The van der Waals surface area contributed by atoms with Crippen LogP contribution in [0.4, 0.5) is 0 Å². The van der Waals surface area contributed by atoms with Crippen molar-refractivity contribution in [2.45, 2.75) is 12.0 Å². The van der Waals surface area contributed by atoms with Gasteiger partial charge in [0, 0.05) is 7.05 Å². The first-order chi connectivity index (χ1) is 10.0. The summed E-state index contributed by atoms with van der Waals surface area (Å²) in [6, 6.07) is 7.17. The second kappa shape index (κ2) is 6.49. The fourth-order valence-electron chi connectivity index (χ4n) is 1.76. The lowest BCUT2D eigenvalue weighted by Gasteiger charge is -2.27. The molecule has 0 saturated carbocycles. The van der Waals surface area contributed by atoms with Gasteiger partial charge in [-0.3, -0.25) is 15.2 Å². The molecule has 21 heavy (non-hydrogen) atoms. The van der Waals surface area contributed by atoms with Crippen LogP contribution in [0.3, 0.4) is 0 Å². The van der Waals surface area contributed by atoms with E-state index in [1.54, 1.807) is 38.4 Å². The Bertz CT molecular complexity index is 571. The summed E-state index contributed by atoms with van der Waals surface area (Å²) in [7, 11) is 3.12. The van der Waals surface area contributed by atoms with Gasteiger partial charge in [0.25, 0.3) is 5.91 Å². The standard InChI is InChI=1S/C14H15ClN2O4/c1-17-12(7-11(15)13(18)16-17)14(19)21-8-9-3-5-10(20-2)6-4-9/h3-7,11H,8H2,1-2H3,(H,16,18). The highest BCUT2D eigenvalue weighted by atomic mass is 35.5. The molecule has 0 aromatic heterocycles. The van der Waals surface area contributed by atoms with Crippen LogP contribution < -0.4 is 10.2 Å². The Morgan fingerprint density at radius 3 is 2.67 bits per heavy atom. The molecule has 0 bridgehead atoms. The van der Waals surface area contributed by atoms with Crippen molar-refractivity contribution < 1.29 is 19.1 Å². The average molecular weight is 311 g/mol. The van der Waals surface area contributed by atoms with Gasteiger partial charge in [-0.25, -0.2) is 4.79 Å². The Morgan fingerprint density at radius 1 is 1.38 bits per heavy atom. The predicted octanol–water partition coefficient (Wildman–Crippen LogP) is 1.21. The van der Waals surface area contributed by atoms with Gasteiger partial charge in [-0.05, 0) is 23.8 Å². The maximum absolute atomic E-state index is 12.0. The van der Waals surface area contributed by atoms with E-state index in [0.29, 0.717) is 0 Å². The van der Waals surface area contributed by atoms with Crippen LogP contribution in [0.2, 0.25) is 0 Å². The number of nitrogens with zero attached hydrogens (tertiary/aromatic N) is 1. The number of nitrogens with one attached hydrogen (secondary N) is 1. The lowest BCUT2D eigenvalue weighted by molar-refractivity contribution is -0.143. The Hall–Kier alpha value is -2.21. The molecule has 0 fully saturated rings. The fourth-order valence-corrected chi connectivity index (χ4v) is 1.93. The maximum atomic E-state index is 12.0. The van der Waals surface area contributed by atoms with Crippen molar-refractivity contribution >= 4 is 23.5 Å². The molecule has 0 saturated heterocycles. The minimum absolute atomic E-state index is 0.120. The van der Waals surface area contributed by atoms with Gasteiger partial charge in [-0.2, -0.15) is 0 Å².